The normalized spacial score (nSPS) is 13.9. The van der Waals surface area contributed by atoms with Crippen molar-refractivity contribution in [2.45, 2.75) is 19.5 Å². The van der Waals surface area contributed by atoms with Crippen molar-refractivity contribution >= 4 is 23.2 Å². The molecule has 1 aromatic carbocycles. The molecular weight excluding hydrogens is 435 g/mol. The zero-order valence-corrected chi connectivity index (χ0v) is 18.0. The van der Waals surface area contributed by atoms with Crippen LogP contribution >= 0.6 is 23.2 Å². The SMILES string of the molecule is O=c1[nH]c(-c2ccncc2)nc2c1CN(Cc1ccc(-c3cc(Cl)ccc3Cl)o1)CC2. The van der Waals surface area contributed by atoms with Gasteiger partial charge in [0.1, 0.15) is 17.3 Å². The zero-order valence-electron chi connectivity index (χ0n) is 16.4. The number of hydrogen-bond donors (Lipinski definition) is 1. The first-order valence-corrected chi connectivity index (χ1v) is 10.6. The average Bonchev–Trinajstić information content (AvgIpc) is 3.24. The van der Waals surface area contributed by atoms with Crippen molar-refractivity contribution in [3.05, 3.63) is 92.3 Å². The molecule has 3 aromatic heterocycles. The second kappa shape index (κ2) is 8.30. The number of aromatic amines is 1. The molecule has 0 fully saturated rings. The fourth-order valence-corrected chi connectivity index (χ4v) is 4.16. The van der Waals surface area contributed by atoms with Gasteiger partial charge in [0, 0.05) is 48.1 Å². The topological polar surface area (TPSA) is 75.0 Å². The molecule has 4 aromatic rings. The van der Waals surface area contributed by atoms with E-state index >= 15 is 0 Å². The highest BCUT2D eigenvalue weighted by molar-refractivity contribution is 6.35. The third kappa shape index (κ3) is 4.14. The molecule has 1 aliphatic heterocycles. The molecule has 156 valence electrons. The van der Waals surface area contributed by atoms with Crippen LogP contribution in [0.3, 0.4) is 0 Å². The highest BCUT2D eigenvalue weighted by atomic mass is 35.5. The lowest BCUT2D eigenvalue weighted by molar-refractivity contribution is 0.223. The van der Waals surface area contributed by atoms with Crippen LogP contribution in [0, 0.1) is 0 Å². The van der Waals surface area contributed by atoms with E-state index < -0.39 is 0 Å². The van der Waals surface area contributed by atoms with E-state index in [1.807, 2.05) is 24.3 Å². The summed E-state index contributed by atoms with van der Waals surface area (Å²) < 4.78 is 6.01. The Morgan fingerprint density at radius 1 is 1.10 bits per heavy atom. The summed E-state index contributed by atoms with van der Waals surface area (Å²) in [5.74, 6) is 2.04. The average molecular weight is 453 g/mol. The molecule has 8 heteroatoms. The molecule has 0 spiro atoms. The Labute approximate surface area is 188 Å². The summed E-state index contributed by atoms with van der Waals surface area (Å²) in [6.45, 7) is 1.89. The first-order valence-electron chi connectivity index (χ1n) is 9.86. The summed E-state index contributed by atoms with van der Waals surface area (Å²) in [5, 5.41) is 1.18. The van der Waals surface area contributed by atoms with Crippen LogP contribution in [0.2, 0.25) is 10.0 Å². The van der Waals surface area contributed by atoms with Crippen LogP contribution in [-0.2, 0) is 19.5 Å². The van der Waals surface area contributed by atoms with Crippen LogP contribution in [-0.4, -0.2) is 26.4 Å². The van der Waals surface area contributed by atoms with Gasteiger partial charge in [-0.3, -0.25) is 14.7 Å². The van der Waals surface area contributed by atoms with E-state index in [-0.39, 0.29) is 5.56 Å². The Hall–Kier alpha value is -2.93. The zero-order chi connectivity index (χ0) is 21.4. The van der Waals surface area contributed by atoms with E-state index in [1.165, 1.54) is 0 Å². The van der Waals surface area contributed by atoms with Crippen molar-refractivity contribution in [1.29, 1.82) is 0 Å². The summed E-state index contributed by atoms with van der Waals surface area (Å²) in [7, 11) is 0. The Balaban J connectivity index is 1.34. The van der Waals surface area contributed by atoms with Crippen molar-refractivity contribution < 1.29 is 4.42 Å². The highest BCUT2D eigenvalue weighted by Crippen LogP contribution is 2.32. The van der Waals surface area contributed by atoms with E-state index in [0.717, 1.165) is 29.1 Å². The van der Waals surface area contributed by atoms with Crippen LogP contribution in [0.4, 0.5) is 0 Å². The maximum atomic E-state index is 12.7. The fraction of sp³-hybridized carbons (Fsp3) is 0.174. The van der Waals surface area contributed by atoms with Gasteiger partial charge >= 0.3 is 0 Å². The predicted octanol–water partition coefficient (Wildman–Crippen LogP) is 4.96. The maximum Gasteiger partial charge on any atom is 0.255 e. The van der Waals surface area contributed by atoms with E-state index in [4.69, 9.17) is 27.6 Å². The molecular formula is C23H18Cl2N4O2. The molecule has 0 radical (unpaired) electrons. The van der Waals surface area contributed by atoms with E-state index in [2.05, 4.69) is 19.9 Å². The number of fused-ring (bicyclic) bond motifs is 1. The number of pyridine rings is 1. The van der Waals surface area contributed by atoms with E-state index in [1.54, 1.807) is 30.6 Å². The van der Waals surface area contributed by atoms with E-state index in [0.29, 0.717) is 46.7 Å². The molecule has 0 amide bonds. The van der Waals surface area contributed by atoms with Gasteiger partial charge in [0.2, 0.25) is 0 Å². The number of halogens is 2. The quantitative estimate of drug-likeness (QED) is 0.473. The molecule has 31 heavy (non-hydrogen) atoms. The van der Waals surface area contributed by atoms with Crippen molar-refractivity contribution in [2.24, 2.45) is 0 Å². The molecule has 0 saturated heterocycles. The second-order valence-corrected chi connectivity index (χ2v) is 8.27. The first-order chi connectivity index (χ1) is 15.1. The molecule has 0 unspecified atom stereocenters. The number of aromatic nitrogens is 3. The van der Waals surface area contributed by atoms with Crippen LogP contribution < -0.4 is 5.56 Å². The Kier molecular flexibility index (Phi) is 5.36. The number of hydrogen-bond acceptors (Lipinski definition) is 5. The molecule has 0 bridgehead atoms. The lowest BCUT2D eigenvalue weighted by Gasteiger charge is -2.26. The first kappa shape index (κ1) is 20.0. The predicted molar refractivity (Wildman–Crippen MR) is 120 cm³/mol. The lowest BCUT2D eigenvalue weighted by Crippen LogP contribution is -2.35. The number of nitrogens with one attached hydrogen (secondary N) is 1. The molecule has 0 atom stereocenters. The Morgan fingerprint density at radius 3 is 2.77 bits per heavy atom. The van der Waals surface area contributed by atoms with Gasteiger partial charge < -0.3 is 9.40 Å². The van der Waals surface area contributed by atoms with Gasteiger partial charge in [0.05, 0.1) is 22.8 Å². The van der Waals surface area contributed by atoms with Gasteiger partial charge in [-0.2, -0.15) is 0 Å². The maximum absolute atomic E-state index is 12.7. The molecule has 6 nitrogen and oxygen atoms in total. The summed E-state index contributed by atoms with van der Waals surface area (Å²) in [6, 6.07) is 12.8. The number of furan rings is 1. The van der Waals surface area contributed by atoms with Crippen molar-refractivity contribution in [1.82, 2.24) is 19.9 Å². The van der Waals surface area contributed by atoms with Crippen LogP contribution in [0.25, 0.3) is 22.7 Å². The minimum absolute atomic E-state index is 0.104. The third-order valence-electron chi connectivity index (χ3n) is 5.34. The standard InChI is InChI=1S/C23H18Cl2N4O2/c24-15-1-3-19(25)17(11-15)21-4-2-16(31-21)12-29-10-7-20-18(13-29)23(30)28-22(27-20)14-5-8-26-9-6-14/h1-6,8-9,11H,7,10,12-13H2,(H,27,28,30). The van der Waals surface area contributed by atoms with Gasteiger partial charge in [0.25, 0.3) is 5.56 Å². The highest BCUT2D eigenvalue weighted by Gasteiger charge is 2.22. The summed E-state index contributed by atoms with van der Waals surface area (Å²) in [6.07, 6.45) is 4.07. The largest absolute Gasteiger partial charge is 0.460 e. The monoisotopic (exact) mass is 452 g/mol. The minimum Gasteiger partial charge on any atom is -0.460 e. The van der Waals surface area contributed by atoms with Gasteiger partial charge in [0.15, 0.2) is 0 Å². The Morgan fingerprint density at radius 2 is 1.94 bits per heavy atom. The molecule has 0 saturated carbocycles. The van der Waals surface area contributed by atoms with Crippen molar-refractivity contribution in [2.75, 3.05) is 6.54 Å². The second-order valence-electron chi connectivity index (χ2n) is 7.43. The number of benzene rings is 1. The number of nitrogens with zero attached hydrogens (tertiary/aromatic N) is 3. The lowest BCUT2D eigenvalue weighted by atomic mass is 10.1. The van der Waals surface area contributed by atoms with Crippen LogP contribution in [0.15, 0.2) is 64.1 Å². The summed E-state index contributed by atoms with van der Waals surface area (Å²) in [5.41, 5.74) is 3.05. The van der Waals surface area contributed by atoms with Gasteiger partial charge in [-0.1, -0.05) is 23.2 Å². The Bertz CT molecular complexity index is 1300. The molecule has 1 aliphatic rings. The fourth-order valence-electron chi connectivity index (χ4n) is 3.78. The summed E-state index contributed by atoms with van der Waals surface area (Å²) in [4.78, 5) is 26.5. The third-order valence-corrected chi connectivity index (χ3v) is 5.90. The van der Waals surface area contributed by atoms with Gasteiger partial charge in [-0.05, 0) is 42.5 Å². The minimum atomic E-state index is -0.104. The van der Waals surface area contributed by atoms with Crippen LogP contribution in [0.1, 0.15) is 17.0 Å². The molecule has 5 rings (SSSR count). The number of rotatable bonds is 4. The van der Waals surface area contributed by atoms with Gasteiger partial charge in [-0.25, -0.2) is 4.98 Å². The smallest absolute Gasteiger partial charge is 0.255 e. The van der Waals surface area contributed by atoms with Gasteiger partial charge in [-0.15, -0.1) is 0 Å². The van der Waals surface area contributed by atoms with Crippen LogP contribution in [0.5, 0.6) is 0 Å². The molecule has 1 N–H and O–H groups in total. The van der Waals surface area contributed by atoms with Crippen molar-refractivity contribution in [3.8, 4) is 22.7 Å². The molecule has 0 aliphatic carbocycles. The number of H-pyrrole nitrogens is 1. The van der Waals surface area contributed by atoms with E-state index in [9.17, 15) is 4.79 Å². The summed E-state index contributed by atoms with van der Waals surface area (Å²) >= 11 is 12.4. The van der Waals surface area contributed by atoms with Crippen molar-refractivity contribution in [3.63, 3.8) is 0 Å². The molecule has 4 heterocycles.